The van der Waals surface area contributed by atoms with Crippen LogP contribution in [0.15, 0.2) is 0 Å². The molecule has 0 aliphatic heterocycles. The van der Waals surface area contributed by atoms with Gasteiger partial charge in [-0.25, -0.2) is 4.98 Å². The van der Waals surface area contributed by atoms with E-state index in [1.54, 1.807) is 0 Å². The first-order valence-electron chi connectivity index (χ1n) is 5.28. The van der Waals surface area contributed by atoms with Crippen LogP contribution < -0.4 is 0 Å². The van der Waals surface area contributed by atoms with Crippen molar-refractivity contribution in [1.29, 1.82) is 0 Å². The van der Waals surface area contributed by atoms with Gasteiger partial charge in [-0.15, -0.1) is 0 Å². The first-order valence-corrected chi connectivity index (χ1v) is 5.28. The lowest BCUT2D eigenvalue weighted by molar-refractivity contribution is 0.0984. The van der Waals surface area contributed by atoms with Crippen LogP contribution in [0.1, 0.15) is 55.2 Å². The van der Waals surface area contributed by atoms with E-state index in [1.165, 1.54) is 0 Å². The normalized spacial score (nSPS) is 15.3. The molecule has 1 aliphatic rings. The molecule has 76 valence electrons. The highest BCUT2D eigenvalue weighted by molar-refractivity contribution is 5.98. The van der Waals surface area contributed by atoms with Gasteiger partial charge in [0.2, 0.25) is 0 Å². The summed E-state index contributed by atoms with van der Waals surface area (Å²) in [6, 6.07) is 0.336. The standard InChI is InChI=1S/C11H16N2O/c1-4-10-12-8-5-6-9(14)11(8)13(10)7(2)3/h7H,4-6H2,1-3H3. The van der Waals surface area contributed by atoms with E-state index in [0.29, 0.717) is 12.5 Å². The van der Waals surface area contributed by atoms with Gasteiger partial charge in [-0.05, 0) is 20.3 Å². The van der Waals surface area contributed by atoms with Crippen molar-refractivity contribution in [2.75, 3.05) is 0 Å². The third-order valence-corrected chi connectivity index (χ3v) is 2.74. The number of hydrogen-bond acceptors (Lipinski definition) is 2. The van der Waals surface area contributed by atoms with Gasteiger partial charge >= 0.3 is 0 Å². The van der Waals surface area contributed by atoms with Gasteiger partial charge in [-0.3, -0.25) is 4.79 Å². The van der Waals surface area contributed by atoms with E-state index in [4.69, 9.17) is 0 Å². The smallest absolute Gasteiger partial charge is 0.181 e. The minimum atomic E-state index is 0.265. The molecule has 1 aliphatic carbocycles. The zero-order valence-corrected chi connectivity index (χ0v) is 9.00. The maximum Gasteiger partial charge on any atom is 0.181 e. The van der Waals surface area contributed by atoms with Gasteiger partial charge in [0.15, 0.2) is 5.78 Å². The van der Waals surface area contributed by atoms with E-state index in [1.807, 2.05) is 0 Å². The van der Waals surface area contributed by atoms with Gasteiger partial charge in [0.05, 0.1) is 5.69 Å². The Hall–Kier alpha value is -1.12. The molecule has 14 heavy (non-hydrogen) atoms. The van der Waals surface area contributed by atoms with Crippen LogP contribution in [0, 0.1) is 0 Å². The summed E-state index contributed by atoms with van der Waals surface area (Å²) in [6.45, 7) is 6.29. The van der Waals surface area contributed by atoms with Gasteiger partial charge < -0.3 is 4.57 Å². The number of nitrogens with zero attached hydrogens (tertiary/aromatic N) is 2. The third-order valence-electron chi connectivity index (χ3n) is 2.74. The van der Waals surface area contributed by atoms with Crippen LogP contribution in [0.4, 0.5) is 0 Å². The van der Waals surface area contributed by atoms with Gasteiger partial charge in [0.25, 0.3) is 0 Å². The first-order chi connectivity index (χ1) is 6.65. The number of ketones is 1. The molecule has 0 spiro atoms. The Balaban J connectivity index is 2.59. The SMILES string of the molecule is CCc1nc2c(n1C(C)C)C(=O)CC2. The van der Waals surface area contributed by atoms with Gasteiger partial charge in [-0.2, -0.15) is 0 Å². The number of carbonyl (C=O) groups excluding carboxylic acids is 1. The van der Waals surface area contributed by atoms with Gasteiger partial charge in [0, 0.05) is 18.9 Å². The fraction of sp³-hybridized carbons (Fsp3) is 0.636. The summed E-state index contributed by atoms with van der Waals surface area (Å²) in [5.74, 6) is 1.32. The number of hydrogen-bond donors (Lipinski definition) is 0. The molecule has 0 amide bonds. The predicted octanol–water partition coefficient (Wildman–Crippen LogP) is 2.16. The average molecular weight is 192 g/mol. The fourth-order valence-corrected chi connectivity index (χ4v) is 2.16. The van der Waals surface area contributed by atoms with Crippen LogP contribution >= 0.6 is 0 Å². The lowest BCUT2D eigenvalue weighted by Gasteiger charge is -2.13. The summed E-state index contributed by atoms with van der Waals surface area (Å²) in [4.78, 5) is 16.2. The Bertz CT molecular complexity index is 377. The molecule has 3 heteroatoms. The maximum atomic E-state index is 11.7. The average Bonchev–Trinajstić information content (AvgIpc) is 2.65. The maximum absolute atomic E-state index is 11.7. The number of Topliss-reactive ketones (excluding diaryl/α,β-unsaturated/α-hetero) is 1. The molecular formula is C11H16N2O. The largest absolute Gasteiger partial charge is 0.323 e. The van der Waals surface area contributed by atoms with Crippen LogP contribution in [0.2, 0.25) is 0 Å². The zero-order chi connectivity index (χ0) is 10.3. The van der Waals surface area contributed by atoms with Crippen molar-refractivity contribution < 1.29 is 4.79 Å². The second-order valence-electron chi connectivity index (χ2n) is 4.06. The molecule has 0 N–H and O–H groups in total. The highest BCUT2D eigenvalue weighted by Gasteiger charge is 2.28. The highest BCUT2D eigenvalue weighted by atomic mass is 16.1. The predicted molar refractivity (Wildman–Crippen MR) is 54.6 cm³/mol. The number of imidazole rings is 1. The Labute approximate surface area is 84.1 Å². The lowest BCUT2D eigenvalue weighted by atomic mass is 10.3. The van der Waals surface area contributed by atoms with Crippen molar-refractivity contribution in [1.82, 2.24) is 9.55 Å². The van der Waals surface area contributed by atoms with E-state index in [9.17, 15) is 4.79 Å². The van der Waals surface area contributed by atoms with E-state index < -0.39 is 0 Å². The monoisotopic (exact) mass is 192 g/mol. The molecule has 0 saturated carbocycles. The Morgan fingerprint density at radius 2 is 2.14 bits per heavy atom. The fourth-order valence-electron chi connectivity index (χ4n) is 2.16. The molecule has 0 aromatic carbocycles. The van der Waals surface area contributed by atoms with Gasteiger partial charge in [0.1, 0.15) is 11.5 Å². The molecule has 0 saturated heterocycles. The van der Waals surface area contributed by atoms with Crippen molar-refractivity contribution in [3.8, 4) is 0 Å². The molecule has 0 unspecified atom stereocenters. The molecule has 0 fully saturated rings. The van der Waals surface area contributed by atoms with Crippen molar-refractivity contribution in [2.24, 2.45) is 0 Å². The summed E-state index contributed by atoms with van der Waals surface area (Å²) < 4.78 is 2.10. The molecule has 1 heterocycles. The second-order valence-corrected chi connectivity index (χ2v) is 4.06. The summed E-state index contributed by atoms with van der Waals surface area (Å²) in [5.41, 5.74) is 1.89. The van der Waals surface area contributed by atoms with E-state index in [2.05, 4.69) is 30.3 Å². The number of carbonyl (C=O) groups is 1. The summed E-state index contributed by atoms with van der Waals surface area (Å²) >= 11 is 0. The van der Waals surface area contributed by atoms with Crippen molar-refractivity contribution in [3.63, 3.8) is 0 Å². The number of aromatic nitrogens is 2. The molecule has 0 atom stereocenters. The van der Waals surface area contributed by atoms with Crippen molar-refractivity contribution in [2.45, 2.75) is 46.1 Å². The van der Waals surface area contributed by atoms with Crippen molar-refractivity contribution in [3.05, 3.63) is 17.2 Å². The molecule has 2 rings (SSSR count). The minimum Gasteiger partial charge on any atom is -0.323 e. The topological polar surface area (TPSA) is 34.9 Å². The Morgan fingerprint density at radius 3 is 2.71 bits per heavy atom. The number of aryl methyl sites for hydroxylation is 2. The zero-order valence-electron chi connectivity index (χ0n) is 9.00. The van der Waals surface area contributed by atoms with E-state index in [-0.39, 0.29) is 5.78 Å². The second kappa shape index (κ2) is 3.23. The van der Waals surface area contributed by atoms with E-state index in [0.717, 1.165) is 30.1 Å². The number of fused-ring (bicyclic) bond motifs is 1. The molecular weight excluding hydrogens is 176 g/mol. The molecule has 0 radical (unpaired) electrons. The van der Waals surface area contributed by atoms with Crippen LogP contribution in [0.5, 0.6) is 0 Å². The van der Waals surface area contributed by atoms with Crippen molar-refractivity contribution >= 4 is 5.78 Å². The Morgan fingerprint density at radius 1 is 1.43 bits per heavy atom. The van der Waals surface area contributed by atoms with Gasteiger partial charge in [-0.1, -0.05) is 6.92 Å². The van der Waals surface area contributed by atoms with Crippen LogP contribution in [-0.4, -0.2) is 15.3 Å². The lowest BCUT2D eigenvalue weighted by Crippen LogP contribution is -2.12. The first kappa shape index (κ1) is 9.44. The van der Waals surface area contributed by atoms with Crippen LogP contribution in [0.3, 0.4) is 0 Å². The Kier molecular flexibility index (Phi) is 2.17. The summed E-state index contributed by atoms with van der Waals surface area (Å²) in [5, 5.41) is 0. The quantitative estimate of drug-likeness (QED) is 0.719. The molecule has 1 aromatic rings. The summed E-state index contributed by atoms with van der Waals surface area (Å²) in [7, 11) is 0. The van der Waals surface area contributed by atoms with Crippen LogP contribution in [0.25, 0.3) is 0 Å². The molecule has 1 aromatic heterocycles. The third kappa shape index (κ3) is 1.19. The van der Waals surface area contributed by atoms with Crippen LogP contribution in [-0.2, 0) is 12.8 Å². The molecule has 0 bridgehead atoms. The minimum absolute atomic E-state index is 0.265. The summed E-state index contributed by atoms with van der Waals surface area (Å²) in [6.07, 6.45) is 2.38. The highest BCUT2D eigenvalue weighted by Crippen LogP contribution is 2.26. The van der Waals surface area contributed by atoms with E-state index >= 15 is 0 Å². The number of rotatable bonds is 2. The molecule has 3 nitrogen and oxygen atoms in total.